The highest BCUT2D eigenvalue weighted by molar-refractivity contribution is 5.69. The van der Waals surface area contributed by atoms with Crippen LogP contribution in [0.4, 0.5) is 0 Å². The first kappa shape index (κ1) is 13.5. The van der Waals surface area contributed by atoms with Crippen molar-refractivity contribution in [2.45, 2.75) is 57.0 Å². The van der Waals surface area contributed by atoms with Gasteiger partial charge in [0.15, 0.2) is 0 Å². The van der Waals surface area contributed by atoms with Crippen molar-refractivity contribution in [3.63, 3.8) is 0 Å². The third-order valence-electron chi connectivity index (χ3n) is 3.37. The summed E-state index contributed by atoms with van der Waals surface area (Å²) in [7, 11) is 1.40. The lowest BCUT2D eigenvalue weighted by Gasteiger charge is -2.38. The molecule has 4 heteroatoms. The zero-order chi connectivity index (χ0) is 12.0. The zero-order valence-electron chi connectivity index (χ0n) is 10.3. The van der Waals surface area contributed by atoms with Crippen molar-refractivity contribution in [2.24, 2.45) is 0 Å². The number of esters is 1. The van der Waals surface area contributed by atoms with E-state index in [4.69, 9.17) is 0 Å². The van der Waals surface area contributed by atoms with Gasteiger partial charge in [-0.3, -0.25) is 4.79 Å². The van der Waals surface area contributed by atoms with Gasteiger partial charge in [-0.1, -0.05) is 19.3 Å². The predicted molar refractivity (Wildman–Crippen MR) is 62.1 cm³/mol. The Labute approximate surface area is 97.4 Å². The number of carbonyl (C=O) groups is 1. The van der Waals surface area contributed by atoms with Crippen molar-refractivity contribution in [3.8, 4) is 0 Å². The first-order chi connectivity index (χ1) is 7.62. The van der Waals surface area contributed by atoms with Gasteiger partial charge in [0.2, 0.25) is 0 Å². The number of nitrogens with one attached hydrogen (secondary N) is 1. The van der Waals surface area contributed by atoms with E-state index >= 15 is 0 Å². The fraction of sp³-hybridized carbons (Fsp3) is 0.917. The summed E-state index contributed by atoms with van der Waals surface area (Å²) in [5, 5.41) is 12.9. The molecular weight excluding hydrogens is 206 g/mol. The molecule has 1 saturated carbocycles. The minimum absolute atomic E-state index is 0.0534. The van der Waals surface area contributed by atoms with Gasteiger partial charge in [0.05, 0.1) is 20.1 Å². The molecule has 1 unspecified atom stereocenters. The van der Waals surface area contributed by atoms with Crippen LogP contribution in [0.5, 0.6) is 0 Å². The summed E-state index contributed by atoms with van der Waals surface area (Å²) in [5.41, 5.74) is -0.175. The molecule has 16 heavy (non-hydrogen) atoms. The van der Waals surface area contributed by atoms with Gasteiger partial charge >= 0.3 is 5.97 Å². The lowest BCUT2D eigenvalue weighted by Crippen LogP contribution is -2.53. The second kappa shape index (κ2) is 6.21. The Bertz CT molecular complexity index is 224. The van der Waals surface area contributed by atoms with Crippen LogP contribution in [0.25, 0.3) is 0 Å². The molecule has 0 aromatic rings. The summed E-state index contributed by atoms with van der Waals surface area (Å²) < 4.78 is 4.64. The van der Waals surface area contributed by atoms with Crippen LogP contribution < -0.4 is 5.32 Å². The molecule has 94 valence electrons. The SMILES string of the molecule is COC(=O)CC(C)NC1(CO)CCCCC1. The van der Waals surface area contributed by atoms with Crippen molar-refractivity contribution in [1.82, 2.24) is 5.32 Å². The van der Waals surface area contributed by atoms with Crippen molar-refractivity contribution in [1.29, 1.82) is 0 Å². The minimum atomic E-state index is -0.205. The summed E-state index contributed by atoms with van der Waals surface area (Å²) in [6.07, 6.45) is 5.90. The van der Waals surface area contributed by atoms with Gasteiger partial charge in [-0.15, -0.1) is 0 Å². The number of methoxy groups -OCH3 is 1. The maximum Gasteiger partial charge on any atom is 0.307 e. The highest BCUT2D eigenvalue weighted by Crippen LogP contribution is 2.28. The van der Waals surface area contributed by atoms with Crippen LogP contribution >= 0.6 is 0 Å². The number of rotatable bonds is 5. The van der Waals surface area contributed by atoms with Crippen molar-refractivity contribution in [3.05, 3.63) is 0 Å². The van der Waals surface area contributed by atoms with Gasteiger partial charge in [-0.2, -0.15) is 0 Å². The van der Waals surface area contributed by atoms with Crippen LogP contribution in [0.3, 0.4) is 0 Å². The molecule has 1 atom stereocenters. The molecule has 2 N–H and O–H groups in total. The number of ether oxygens (including phenoxy) is 1. The standard InChI is InChI=1S/C12H23NO3/c1-10(8-11(15)16-2)13-12(9-14)6-4-3-5-7-12/h10,13-14H,3-9H2,1-2H3. The molecular formula is C12H23NO3. The van der Waals surface area contributed by atoms with Gasteiger partial charge in [-0.05, 0) is 19.8 Å². The molecule has 4 nitrogen and oxygen atoms in total. The molecule has 0 bridgehead atoms. The van der Waals surface area contributed by atoms with Gasteiger partial charge in [-0.25, -0.2) is 0 Å². The summed E-state index contributed by atoms with van der Waals surface area (Å²) in [4.78, 5) is 11.1. The van der Waals surface area contributed by atoms with Crippen molar-refractivity contribution >= 4 is 5.97 Å². The van der Waals surface area contributed by atoms with Crippen molar-refractivity contribution in [2.75, 3.05) is 13.7 Å². The topological polar surface area (TPSA) is 58.6 Å². The Morgan fingerprint density at radius 2 is 2.06 bits per heavy atom. The van der Waals surface area contributed by atoms with E-state index in [0.717, 1.165) is 25.7 Å². The quantitative estimate of drug-likeness (QED) is 0.696. The third-order valence-corrected chi connectivity index (χ3v) is 3.37. The Balaban J connectivity index is 2.45. The molecule has 1 aliphatic carbocycles. The van der Waals surface area contributed by atoms with Crippen LogP contribution in [-0.2, 0) is 9.53 Å². The molecule has 1 aliphatic rings. The molecule has 1 rings (SSSR count). The fourth-order valence-corrected chi connectivity index (χ4v) is 2.48. The lowest BCUT2D eigenvalue weighted by atomic mass is 9.81. The normalized spacial score (nSPS) is 21.4. The summed E-state index contributed by atoms with van der Waals surface area (Å²) >= 11 is 0. The van der Waals surface area contributed by atoms with Crippen molar-refractivity contribution < 1.29 is 14.6 Å². The van der Waals surface area contributed by atoms with Crippen LogP contribution in [0.2, 0.25) is 0 Å². The zero-order valence-corrected chi connectivity index (χ0v) is 10.3. The number of carbonyl (C=O) groups excluding carboxylic acids is 1. The molecule has 0 heterocycles. The number of aliphatic hydroxyl groups excluding tert-OH is 1. The van der Waals surface area contributed by atoms with Crippen LogP contribution in [-0.4, -0.2) is 36.4 Å². The van der Waals surface area contributed by atoms with E-state index in [9.17, 15) is 9.90 Å². The van der Waals surface area contributed by atoms with E-state index in [-0.39, 0.29) is 24.2 Å². The minimum Gasteiger partial charge on any atom is -0.469 e. The third kappa shape index (κ3) is 3.76. The van der Waals surface area contributed by atoms with E-state index in [1.165, 1.54) is 13.5 Å². The van der Waals surface area contributed by atoms with E-state index in [2.05, 4.69) is 10.1 Å². The molecule has 1 fully saturated rings. The Morgan fingerprint density at radius 1 is 1.44 bits per heavy atom. The summed E-state index contributed by atoms with van der Waals surface area (Å²) in [5.74, 6) is -0.205. The maximum atomic E-state index is 11.1. The van der Waals surface area contributed by atoms with E-state index < -0.39 is 0 Å². The van der Waals surface area contributed by atoms with Gasteiger partial charge in [0.1, 0.15) is 0 Å². The van der Waals surface area contributed by atoms with E-state index in [0.29, 0.717) is 6.42 Å². The smallest absolute Gasteiger partial charge is 0.307 e. The van der Waals surface area contributed by atoms with Crippen LogP contribution in [0.1, 0.15) is 45.4 Å². The first-order valence-electron chi connectivity index (χ1n) is 6.07. The van der Waals surface area contributed by atoms with Crippen LogP contribution in [0, 0.1) is 0 Å². The summed E-state index contributed by atoms with van der Waals surface area (Å²) in [6.45, 7) is 2.11. The highest BCUT2D eigenvalue weighted by atomic mass is 16.5. The molecule has 0 aromatic heterocycles. The molecule has 0 radical (unpaired) electrons. The molecule has 0 saturated heterocycles. The summed E-state index contributed by atoms with van der Waals surface area (Å²) in [6, 6.07) is 0.0534. The second-order valence-corrected chi connectivity index (χ2v) is 4.82. The highest BCUT2D eigenvalue weighted by Gasteiger charge is 2.32. The van der Waals surface area contributed by atoms with Gasteiger partial charge in [0.25, 0.3) is 0 Å². The Hall–Kier alpha value is -0.610. The van der Waals surface area contributed by atoms with Gasteiger partial charge < -0.3 is 15.2 Å². The molecule has 0 amide bonds. The number of hydrogen-bond acceptors (Lipinski definition) is 4. The molecule has 0 aromatic carbocycles. The monoisotopic (exact) mass is 229 g/mol. The van der Waals surface area contributed by atoms with Gasteiger partial charge in [0, 0.05) is 11.6 Å². The second-order valence-electron chi connectivity index (χ2n) is 4.82. The van der Waals surface area contributed by atoms with E-state index in [1.807, 2.05) is 6.92 Å². The fourth-order valence-electron chi connectivity index (χ4n) is 2.48. The average molecular weight is 229 g/mol. The Kier molecular flexibility index (Phi) is 5.22. The number of aliphatic hydroxyl groups is 1. The van der Waals surface area contributed by atoms with Crippen LogP contribution in [0.15, 0.2) is 0 Å². The average Bonchev–Trinajstić information content (AvgIpc) is 2.29. The number of hydrogen-bond donors (Lipinski definition) is 2. The maximum absolute atomic E-state index is 11.1. The predicted octanol–water partition coefficient (Wildman–Crippen LogP) is 1.22. The largest absolute Gasteiger partial charge is 0.469 e. The van der Waals surface area contributed by atoms with E-state index in [1.54, 1.807) is 0 Å². The Morgan fingerprint density at radius 3 is 2.56 bits per heavy atom. The lowest BCUT2D eigenvalue weighted by molar-refractivity contribution is -0.141. The molecule has 0 spiro atoms. The first-order valence-corrected chi connectivity index (χ1v) is 6.07. The molecule has 0 aliphatic heterocycles.